The van der Waals surface area contributed by atoms with Crippen LogP contribution in [0, 0.1) is 0 Å². The fourth-order valence-corrected chi connectivity index (χ4v) is 5.97. The summed E-state index contributed by atoms with van der Waals surface area (Å²) in [6.45, 7) is 2.94. The molecular weight excluding hydrogens is 587 g/mol. The lowest BCUT2D eigenvalue weighted by Gasteiger charge is -2.45. The van der Waals surface area contributed by atoms with Crippen molar-refractivity contribution in [3.8, 4) is 11.5 Å². The van der Waals surface area contributed by atoms with Gasteiger partial charge in [0, 0.05) is 49.5 Å². The average molecular weight is 620 g/mol. The van der Waals surface area contributed by atoms with E-state index in [4.69, 9.17) is 16.3 Å². The number of phenolic OH excluding ortho intramolecular Hbond substituents is 1. The van der Waals surface area contributed by atoms with Gasteiger partial charge in [0.15, 0.2) is 0 Å². The van der Waals surface area contributed by atoms with E-state index in [0.29, 0.717) is 56.2 Å². The van der Waals surface area contributed by atoms with Gasteiger partial charge in [0.25, 0.3) is 5.91 Å². The number of carbonyl (C=O) groups is 1. The molecule has 0 saturated carbocycles. The van der Waals surface area contributed by atoms with E-state index in [-0.39, 0.29) is 29.6 Å². The van der Waals surface area contributed by atoms with Crippen molar-refractivity contribution in [2.75, 3.05) is 44.2 Å². The molecule has 2 heterocycles. The minimum absolute atomic E-state index is 0.110. The Morgan fingerprint density at radius 3 is 2.47 bits per heavy atom. The molecule has 0 radical (unpaired) electrons. The van der Waals surface area contributed by atoms with Gasteiger partial charge in [-0.25, -0.2) is 0 Å². The van der Waals surface area contributed by atoms with Gasteiger partial charge in [0.05, 0.1) is 23.9 Å². The maximum absolute atomic E-state index is 12.7. The number of hydrogen-bond acceptors (Lipinski definition) is 7. The Morgan fingerprint density at radius 2 is 1.77 bits per heavy atom. The topological polar surface area (TPSA) is 94.5 Å². The number of phenols is 1. The summed E-state index contributed by atoms with van der Waals surface area (Å²) in [5, 5.41) is 25.0. The highest BCUT2D eigenvalue weighted by molar-refractivity contribution is 6.30. The number of rotatable bonds is 9. The standard InChI is InChI=1S/C31H33ClF3N3O5/c32-22-7-5-21(6-8-22)28(40)26(13-15-36-29(41)25-3-1-2-4-27(25)39)38-17-18-42-30(20-38)14-16-37(19-30)23-9-11-24(12-10-23)43-31(33,34)35/h1-12,26,28,39-40H,13-20H2,(H,36,41). The monoisotopic (exact) mass is 619 g/mol. The van der Waals surface area contributed by atoms with Crippen molar-refractivity contribution in [1.29, 1.82) is 0 Å². The molecule has 0 bridgehead atoms. The number of carbonyl (C=O) groups excluding carboxylic acids is 1. The molecular formula is C31H33ClF3N3O5. The normalized spacial score (nSPS) is 20.6. The number of anilines is 1. The van der Waals surface area contributed by atoms with Gasteiger partial charge in [-0.15, -0.1) is 13.2 Å². The van der Waals surface area contributed by atoms with E-state index >= 15 is 0 Å². The van der Waals surface area contributed by atoms with Crippen LogP contribution in [0.1, 0.15) is 34.9 Å². The smallest absolute Gasteiger partial charge is 0.507 e. The first-order chi connectivity index (χ1) is 20.5. The molecule has 3 aromatic rings. The van der Waals surface area contributed by atoms with E-state index in [0.717, 1.165) is 5.69 Å². The summed E-state index contributed by atoms with van der Waals surface area (Å²) in [7, 11) is 0. The van der Waals surface area contributed by atoms with Crippen LogP contribution in [-0.4, -0.2) is 78.4 Å². The second-order valence-electron chi connectivity index (χ2n) is 10.8. The SMILES string of the molecule is O=C(NCCC(C(O)c1ccc(Cl)cc1)N1CCOC2(CCN(c3ccc(OC(F)(F)F)cc3)C2)C1)c1ccccc1O. The molecule has 1 spiro atoms. The maximum Gasteiger partial charge on any atom is 0.573 e. The van der Waals surface area contributed by atoms with Crippen LogP contribution in [0.2, 0.25) is 5.02 Å². The molecule has 1 amide bonds. The molecule has 3 N–H and O–H groups in total. The summed E-state index contributed by atoms with van der Waals surface area (Å²) in [5.74, 6) is -0.797. The first-order valence-electron chi connectivity index (χ1n) is 14.0. The maximum atomic E-state index is 12.7. The van der Waals surface area contributed by atoms with Crippen molar-refractivity contribution in [1.82, 2.24) is 10.2 Å². The Balaban J connectivity index is 1.28. The predicted molar refractivity (Wildman–Crippen MR) is 155 cm³/mol. The molecule has 2 aliphatic heterocycles. The first kappa shape index (κ1) is 30.9. The van der Waals surface area contributed by atoms with Crippen molar-refractivity contribution < 1.29 is 37.7 Å². The van der Waals surface area contributed by atoms with Gasteiger partial charge in [-0.05, 0) is 66.9 Å². The van der Waals surface area contributed by atoms with Crippen LogP contribution in [0.5, 0.6) is 11.5 Å². The van der Waals surface area contributed by atoms with Crippen molar-refractivity contribution in [2.24, 2.45) is 0 Å². The quantitative estimate of drug-likeness (QED) is 0.305. The van der Waals surface area contributed by atoms with E-state index in [1.54, 1.807) is 54.6 Å². The van der Waals surface area contributed by atoms with Crippen molar-refractivity contribution in [3.63, 3.8) is 0 Å². The third-order valence-electron chi connectivity index (χ3n) is 7.95. The fraction of sp³-hybridized carbons (Fsp3) is 0.387. The van der Waals surface area contributed by atoms with E-state index in [9.17, 15) is 28.2 Å². The van der Waals surface area contributed by atoms with Gasteiger partial charge in [-0.2, -0.15) is 0 Å². The third kappa shape index (κ3) is 7.72. The summed E-state index contributed by atoms with van der Waals surface area (Å²) in [4.78, 5) is 17.0. The Bertz CT molecular complexity index is 1390. The second kappa shape index (κ2) is 13.0. The Hall–Kier alpha value is -3.51. The lowest BCUT2D eigenvalue weighted by atomic mass is 9.94. The average Bonchev–Trinajstić information content (AvgIpc) is 3.37. The van der Waals surface area contributed by atoms with Crippen molar-refractivity contribution in [2.45, 2.75) is 37.0 Å². The molecule has 2 aliphatic rings. The van der Waals surface area contributed by atoms with Crippen molar-refractivity contribution in [3.05, 3.63) is 88.9 Å². The number of benzene rings is 3. The van der Waals surface area contributed by atoms with Crippen LogP contribution in [0.3, 0.4) is 0 Å². The van der Waals surface area contributed by atoms with Gasteiger partial charge in [-0.1, -0.05) is 35.9 Å². The second-order valence-corrected chi connectivity index (χ2v) is 11.3. The predicted octanol–water partition coefficient (Wildman–Crippen LogP) is 5.15. The summed E-state index contributed by atoms with van der Waals surface area (Å²) in [6.07, 6.45) is -4.52. The van der Waals surface area contributed by atoms with Crippen LogP contribution < -0.4 is 15.0 Å². The van der Waals surface area contributed by atoms with Gasteiger partial charge < -0.3 is 29.9 Å². The number of aromatic hydroxyl groups is 1. The molecule has 3 unspecified atom stereocenters. The molecule has 0 aromatic heterocycles. The van der Waals surface area contributed by atoms with Crippen LogP contribution in [-0.2, 0) is 4.74 Å². The lowest BCUT2D eigenvalue weighted by molar-refractivity contribution is -0.274. The zero-order valence-corrected chi connectivity index (χ0v) is 24.0. The molecule has 2 saturated heterocycles. The van der Waals surface area contributed by atoms with Crippen LogP contribution in [0.15, 0.2) is 72.8 Å². The number of nitrogens with one attached hydrogen (secondary N) is 1. The van der Waals surface area contributed by atoms with Gasteiger partial charge >= 0.3 is 6.36 Å². The highest BCUT2D eigenvalue weighted by Crippen LogP contribution is 2.36. The Kier molecular flexibility index (Phi) is 9.36. The van der Waals surface area contributed by atoms with Crippen LogP contribution in [0.25, 0.3) is 0 Å². The summed E-state index contributed by atoms with van der Waals surface area (Å²) >= 11 is 6.08. The number of amides is 1. The number of morpholine rings is 1. The lowest BCUT2D eigenvalue weighted by Crippen LogP contribution is -2.57. The van der Waals surface area contributed by atoms with Gasteiger partial charge in [-0.3, -0.25) is 9.69 Å². The largest absolute Gasteiger partial charge is 0.573 e. The number of halogens is 4. The number of para-hydroxylation sites is 1. The summed E-state index contributed by atoms with van der Waals surface area (Å²) in [6, 6.07) is 18.7. The van der Waals surface area contributed by atoms with E-state index in [1.807, 2.05) is 0 Å². The number of aliphatic hydroxyl groups is 1. The Morgan fingerprint density at radius 1 is 1.05 bits per heavy atom. The van der Waals surface area contributed by atoms with Crippen molar-refractivity contribution >= 4 is 23.2 Å². The zero-order valence-electron chi connectivity index (χ0n) is 23.3. The highest BCUT2D eigenvalue weighted by atomic mass is 35.5. The van der Waals surface area contributed by atoms with E-state index in [2.05, 4.69) is 19.9 Å². The zero-order chi connectivity index (χ0) is 30.6. The number of hydrogen-bond donors (Lipinski definition) is 3. The molecule has 230 valence electrons. The van der Waals surface area contributed by atoms with Gasteiger partial charge in [0.1, 0.15) is 11.5 Å². The summed E-state index contributed by atoms with van der Waals surface area (Å²) < 4.78 is 48.0. The number of nitrogens with zero attached hydrogens (tertiary/aromatic N) is 2. The first-order valence-corrected chi connectivity index (χ1v) is 14.4. The molecule has 8 nitrogen and oxygen atoms in total. The number of aliphatic hydroxyl groups excluding tert-OH is 1. The Labute approximate surface area is 252 Å². The van der Waals surface area contributed by atoms with Gasteiger partial charge in [0.2, 0.25) is 0 Å². The molecule has 43 heavy (non-hydrogen) atoms. The molecule has 0 aliphatic carbocycles. The minimum Gasteiger partial charge on any atom is -0.507 e. The minimum atomic E-state index is -4.75. The highest BCUT2D eigenvalue weighted by Gasteiger charge is 2.45. The van der Waals surface area contributed by atoms with E-state index < -0.39 is 24.0 Å². The molecule has 3 aromatic carbocycles. The number of ether oxygens (including phenoxy) is 2. The molecule has 12 heteroatoms. The van der Waals surface area contributed by atoms with Crippen LogP contribution in [0.4, 0.5) is 18.9 Å². The third-order valence-corrected chi connectivity index (χ3v) is 8.20. The fourth-order valence-electron chi connectivity index (χ4n) is 5.84. The van der Waals surface area contributed by atoms with Crippen LogP contribution >= 0.6 is 11.6 Å². The summed E-state index contributed by atoms with van der Waals surface area (Å²) in [5.41, 5.74) is 1.08. The number of alkyl halides is 3. The molecule has 3 atom stereocenters. The molecule has 5 rings (SSSR count). The molecule has 2 fully saturated rings. The van der Waals surface area contributed by atoms with E-state index in [1.165, 1.54) is 18.2 Å².